The second kappa shape index (κ2) is 4.76. The Morgan fingerprint density at radius 3 is 2.05 bits per heavy atom. The van der Waals surface area contributed by atoms with Crippen LogP contribution < -0.4 is 0 Å². The molecule has 2 aliphatic heterocycles. The van der Waals surface area contributed by atoms with Crippen molar-refractivity contribution in [3.05, 3.63) is 42.0 Å². The zero-order valence-corrected chi connectivity index (χ0v) is 11.9. The lowest BCUT2D eigenvalue weighted by Crippen LogP contribution is -2.40. The average molecular weight is 277 g/mol. The third kappa shape index (κ3) is 2.23. The van der Waals surface area contributed by atoms with E-state index in [4.69, 9.17) is 0 Å². The molecule has 4 heteroatoms. The summed E-state index contributed by atoms with van der Waals surface area (Å²) in [6.07, 6.45) is 8.25. The number of aryl methyl sites for hydroxylation is 1. The fourth-order valence-electron chi connectivity index (χ4n) is 3.01. The molecule has 2 aliphatic rings. The van der Waals surface area contributed by atoms with Crippen LogP contribution in [0.25, 0.3) is 0 Å². The summed E-state index contributed by atoms with van der Waals surface area (Å²) in [5.74, 6) is 0. The first kappa shape index (κ1) is 12.9. The molecule has 2 bridgehead atoms. The molecule has 19 heavy (non-hydrogen) atoms. The first-order chi connectivity index (χ1) is 9.09. The quantitative estimate of drug-likeness (QED) is 0.780. The van der Waals surface area contributed by atoms with Gasteiger partial charge in [-0.1, -0.05) is 42.7 Å². The molecule has 2 atom stereocenters. The Morgan fingerprint density at radius 1 is 1.00 bits per heavy atom. The van der Waals surface area contributed by atoms with E-state index < -0.39 is 10.0 Å². The predicted octanol–water partition coefficient (Wildman–Crippen LogP) is 2.87. The van der Waals surface area contributed by atoms with Gasteiger partial charge in [0.25, 0.3) is 0 Å². The van der Waals surface area contributed by atoms with Crippen molar-refractivity contribution in [1.29, 1.82) is 0 Å². The fraction of sp³-hybridized carbons (Fsp3) is 0.467. The van der Waals surface area contributed by atoms with Crippen LogP contribution in [0.15, 0.2) is 41.3 Å². The maximum absolute atomic E-state index is 12.8. The van der Waals surface area contributed by atoms with Crippen molar-refractivity contribution >= 4 is 10.0 Å². The highest BCUT2D eigenvalue weighted by molar-refractivity contribution is 7.89. The van der Waals surface area contributed by atoms with Gasteiger partial charge in [-0.15, -0.1) is 0 Å². The molecule has 0 saturated carbocycles. The average Bonchev–Trinajstić information content (AvgIpc) is 2.64. The highest BCUT2D eigenvalue weighted by Crippen LogP contribution is 2.34. The van der Waals surface area contributed by atoms with Crippen LogP contribution in [0.3, 0.4) is 0 Å². The Morgan fingerprint density at radius 2 is 1.53 bits per heavy atom. The summed E-state index contributed by atoms with van der Waals surface area (Å²) in [5.41, 5.74) is 1.08. The number of nitrogens with zero attached hydrogens (tertiary/aromatic N) is 1. The lowest BCUT2D eigenvalue weighted by Gasteiger charge is -2.27. The topological polar surface area (TPSA) is 37.4 Å². The number of fused-ring (bicyclic) bond motifs is 2. The maximum Gasteiger partial charge on any atom is 0.244 e. The van der Waals surface area contributed by atoms with Crippen LogP contribution in [-0.2, 0) is 10.0 Å². The van der Waals surface area contributed by atoms with E-state index in [1.807, 2.05) is 19.1 Å². The zero-order chi connectivity index (χ0) is 13.5. The van der Waals surface area contributed by atoms with Crippen molar-refractivity contribution in [2.45, 2.75) is 49.6 Å². The van der Waals surface area contributed by atoms with Crippen molar-refractivity contribution in [2.24, 2.45) is 0 Å². The van der Waals surface area contributed by atoms with Gasteiger partial charge in [0.2, 0.25) is 10.0 Å². The van der Waals surface area contributed by atoms with Crippen molar-refractivity contribution in [3.63, 3.8) is 0 Å². The molecule has 0 N–H and O–H groups in total. The molecule has 0 amide bonds. The van der Waals surface area contributed by atoms with Gasteiger partial charge >= 0.3 is 0 Å². The van der Waals surface area contributed by atoms with E-state index in [1.165, 1.54) is 0 Å². The zero-order valence-electron chi connectivity index (χ0n) is 11.1. The van der Waals surface area contributed by atoms with Gasteiger partial charge in [0, 0.05) is 12.1 Å². The summed E-state index contributed by atoms with van der Waals surface area (Å²) >= 11 is 0. The maximum atomic E-state index is 12.8. The summed E-state index contributed by atoms with van der Waals surface area (Å²) in [6, 6.07) is 7.27. The van der Waals surface area contributed by atoms with Crippen LogP contribution in [0.4, 0.5) is 0 Å². The summed E-state index contributed by atoms with van der Waals surface area (Å²) < 4.78 is 27.3. The first-order valence-electron chi connectivity index (χ1n) is 6.87. The normalized spacial score (nSPS) is 27.4. The van der Waals surface area contributed by atoms with Crippen molar-refractivity contribution in [1.82, 2.24) is 4.31 Å². The molecule has 2 heterocycles. The predicted molar refractivity (Wildman–Crippen MR) is 75.4 cm³/mol. The van der Waals surface area contributed by atoms with Gasteiger partial charge in [0.1, 0.15) is 0 Å². The van der Waals surface area contributed by atoms with E-state index >= 15 is 0 Å². The minimum Gasteiger partial charge on any atom is -0.207 e. The molecule has 102 valence electrons. The Hall–Kier alpha value is -1.13. The third-order valence-electron chi connectivity index (χ3n) is 4.06. The highest BCUT2D eigenvalue weighted by atomic mass is 32.2. The van der Waals surface area contributed by atoms with Crippen LogP contribution in [0.5, 0.6) is 0 Å². The molecule has 1 aromatic rings. The van der Waals surface area contributed by atoms with Gasteiger partial charge in [-0.3, -0.25) is 0 Å². The van der Waals surface area contributed by atoms with Crippen molar-refractivity contribution < 1.29 is 8.42 Å². The van der Waals surface area contributed by atoms with Gasteiger partial charge in [0.05, 0.1) is 4.90 Å². The second-order valence-electron chi connectivity index (χ2n) is 5.45. The number of rotatable bonds is 2. The molecule has 0 aliphatic carbocycles. The molecule has 1 aromatic carbocycles. The van der Waals surface area contributed by atoms with Crippen molar-refractivity contribution in [2.75, 3.05) is 0 Å². The monoisotopic (exact) mass is 277 g/mol. The van der Waals surface area contributed by atoms with Crippen LogP contribution in [0.1, 0.15) is 31.2 Å². The number of sulfonamides is 1. The molecule has 3 rings (SSSR count). The summed E-state index contributed by atoms with van der Waals surface area (Å²) in [4.78, 5) is 0.415. The van der Waals surface area contributed by atoms with Crippen LogP contribution >= 0.6 is 0 Å². The van der Waals surface area contributed by atoms with Gasteiger partial charge in [-0.2, -0.15) is 4.31 Å². The van der Waals surface area contributed by atoms with E-state index in [9.17, 15) is 8.42 Å². The Balaban J connectivity index is 1.98. The van der Waals surface area contributed by atoms with E-state index in [0.29, 0.717) is 4.90 Å². The summed E-state index contributed by atoms with van der Waals surface area (Å²) in [5, 5.41) is 0. The van der Waals surface area contributed by atoms with Crippen LogP contribution in [0.2, 0.25) is 0 Å². The van der Waals surface area contributed by atoms with Crippen LogP contribution in [0, 0.1) is 6.92 Å². The Kier molecular flexibility index (Phi) is 3.23. The van der Waals surface area contributed by atoms with Gasteiger partial charge in [-0.25, -0.2) is 8.42 Å². The molecule has 1 fully saturated rings. The number of hydrogen-bond donors (Lipinski definition) is 0. The first-order valence-corrected chi connectivity index (χ1v) is 8.31. The second-order valence-corrected chi connectivity index (χ2v) is 7.30. The lowest BCUT2D eigenvalue weighted by atomic mass is 10.1. The smallest absolute Gasteiger partial charge is 0.207 e. The minimum absolute atomic E-state index is 0.0544. The van der Waals surface area contributed by atoms with E-state index in [0.717, 1.165) is 31.2 Å². The Bertz CT molecular complexity index is 573. The van der Waals surface area contributed by atoms with Crippen molar-refractivity contribution in [3.8, 4) is 0 Å². The number of benzene rings is 1. The molecule has 2 unspecified atom stereocenters. The van der Waals surface area contributed by atoms with E-state index in [-0.39, 0.29) is 12.1 Å². The SMILES string of the molecule is Cc1ccc(S(=O)(=O)N2C3C=CC2CCCC3)cc1. The van der Waals surface area contributed by atoms with E-state index in [1.54, 1.807) is 16.4 Å². The lowest BCUT2D eigenvalue weighted by molar-refractivity contribution is 0.343. The van der Waals surface area contributed by atoms with Crippen LogP contribution in [-0.4, -0.2) is 24.8 Å². The molecule has 3 nitrogen and oxygen atoms in total. The summed E-state index contributed by atoms with van der Waals surface area (Å²) in [6.45, 7) is 1.97. The minimum atomic E-state index is -3.37. The van der Waals surface area contributed by atoms with E-state index in [2.05, 4.69) is 12.2 Å². The Labute approximate surface area is 115 Å². The molecule has 0 spiro atoms. The molecule has 0 radical (unpaired) electrons. The standard InChI is InChI=1S/C15H19NO2S/c1-12-6-10-15(11-7-12)19(17,18)16-13-4-2-3-5-14(16)9-8-13/h6-11,13-14H,2-5H2,1H3. The molecule has 1 saturated heterocycles. The number of hydrogen-bond acceptors (Lipinski definition) is 2. The fourth-order valence-corrected chi connectivity index (χ4v) is 4.80. The van der Waals surface area contributed by atoms with Gasteiger partial charge in [0.15, 0.2) is 0 Å². The molecular formula is C15H19NO2S. The largest absolute Gasteiger partial charge is 0.244 e. The highest BCUT2D eigenvalue weighted by Gasteiger charge is 2.39. The molecular weight excluding hydrogens is 258 g/mol. The molecule has 0 aromatic heterocycles. The summed E-state index contributed by atoms with van der Waals surface area (Å²) in [7, 11) is -3.37. The van der Waals surface area contributed by atoms with Gasteiger partial charge in [-0.05, 0) is 31.9 Å². The third-order valence-corrected chi connectivity index (χ3v) is 6.02. The van der Waals surface area contributed by atoms with Gasteiger partial charge < -0.3 is 0 Å².